The van der Waals surface area contributed by atoms with Crippen LogP contribution in [0.2, 0.25) is 0 Å². The lowest BCUT2D eigenvalue weighted by Crippen LogP contribution is -2.26. The van der Waals surface area contributed by atoms with Gasteiger partial charge in [-0.1, -0.05) is 212 Å². The highest BCUT2D eigenvalue weighted by atomic mass is 14.5. The van der Waals surface area contributed by atoms with Crippen molar-refractivity contribution >= 4 is 75.4 Å². The molecule has 0 N–H and O–H groups in total. The molecule has 288 valence electrons. The molecule has 63 heavy (non-hydrogen) atoms. The second-order valence-corrected chi connectivity index (χ2v) is 17.8. The van der Waals surface area contributed by atoms with E-state index in [0.717, 1.165) is 0 Å². The van der Waals surface area contributed by atoms with Crippen molar-refractivity contribution in [1.82, 2.24) is 0 Å². The Morgan fingerprint density at radius 3 is 1.33 bits per heavy atom. The third-order valence-corrected chi connectivity index (χ3v) is 15.0. The first-order chi connectivity index (χ1) is 31.3. The van der Waals surface area contributed by atoms with Crippen molar-refractivity contribution in [3.8, 4) is 44.5 Å². The first kappa shape index (κ1) is 33.6. The Morgan fingerprint density at radius 1 is 0.238 bits per heavy atom. The lowest BCUT2D eigenvalue weighted by molar-refractivity contribution is 0.810. The second-order valence-electron chi connectivity index (χ2n) is 17.8. The fourth-order valence-corrected chi connectivity index (χ4v) is 12.6. The summed E-state index contributed by atoms with van der Waals surface area (Å²) < 4.78 is 0. The van der Waals surface area contributed by atoms with E-state index in [1.807, 2.05) is 0 Å². The van der Waals surface area contributed by atoms with Crippen molar-refractivity contribution in [2.24, 2.45) is 0 Å². The van der Waals surface area contributed by atoms with Crippen LogP contribution in [0.1, 0.15) is 22.3 Å². The molecule has 13 aromatic carbocycles. The lowest BCUT2D eigenvalue weighted by atomic mass is 9.68. The smallest absolute Gasteiger partial charge is 0.0619 e. The Bertz CT molecular complexity index is 4080. The summed E-state index contributed by atoms with van der Waals surface area (Å²) in [7, 11) is 0. The van der Waals surface area contributed by atoms with Crippen LogP contribution in [0.5, 0.6) is 0 Å². The maximum atomic E-state index is 2.51. The fourth-order valence-electron chi connectivity index (χ4n) is 12.6. The molecule has 0 fully saturated rings. The van der Waals surface area contributed by atoms with Crippen molar-refractivity contribution in [3.05, 3.63) is 241 Å². The van der Waals surface area contributed by atoms with Crippen LogP contribution in [0.3, 0.4) is 0 Å². The molecule has 0 bridgehead atoms. The Balaban J connectivity index is 1.08. The summed E-state index contributed by atoms with van der Waals surface area (Å²) in [5.41, 5.74) is 15.4. The van der Waals surface area contributed by atoms with Crippen LogP contribution in [-0.4, -0.2) is 0 Å². The maximum absolute atomic E-state index is 2.51. The summed E-state index contributed by atoms with van der Waals surface area (Å²) in [4.78, 5) is 0. The maximum Gasteiger partial charge on any atom is 0.0738 e. The van der Waals surface area contributed by atoms with Gasteiger partial charge in [0.15, 0.2) is 0 Å². The monoisotopic (exact) mass is 792 g/mol. The first-order valence-electron chi connectivity index (χ1n) is 22.2. The van der Waals surface area contributed by atoms with Gasteiger partial charge < -0.3 is 0 Å². The highest BCUT2D eigenvalue weighted by Crippen LogP contribution is 2.68. The first-order valence-corrected chi connectivity index (χ1v) is 22.2. The molecule has 2 aliphatic rings. The van der Waals surface area contributed by atoms with E-state index in [1.54, 1.807) is 0 Å². The van der Waals surface area contributed by atoms with Gasteiger partial charge >= 0.3 is 0 Å². The molecule has 15 rings (SSSR count). The molecule has 1 spiro atoms. The molecule has 0 saturated heterocycles. The third-order valence-electron chi connectivity index (χ3n) is 15.0. The summed E-state index contributed by atoms with van der Waals surface area (Å²) in [6.07, 6.45) is 0. The number of benzene rings is 13. The molecular formula is C63H36. The van der Waals surface area contributed by atoms with Gasteiger partial charge in [0.05, 0.1) is 5.41 Å². The molecule has 0 amide bonds. The molecular weight excluding hydrogens is 757 g/mol. The van der Waals surface area contributed by atoms with Crippen LogP contribution in [0.4, 0.5) is 0 Å². The van der Waals surface area contributed by atoms with E-state index in [-0.39, 0.29) is 0 Å². The Kier molecular flexibility index (Phi) is 6.44. The Hall–Kier alpha value is -8.06. The fraction of sp³-hybridized carbons (Fsp3) is 0.0159. The SMILES string of the molecule is c1ccc(-c2ccc3ccc4cccc5ccc2c3c45)c(-c2ccc3c4c(c5ccccc5c3c2)-c2c(c3ccccc3c3ccccc23)C42c3ccccc3-c3ccccc32)c1. The number of hydrogen-bond donors (Lipinski definition) is 0. The molecule has 0 heterocycles. The molecule has 2 aliphatic carbocycles. The molecule has 0 heteroatoms. The normalized spacial score (nSPS) is 13.5. The number of fused-ring (bicyclic) bond motifs is 20. The summed E-state index contributed by atoms with van der Waals surface area (Å²) in [6.45, 7) is 0. The third kappa shape index (κ3) is 4.12. The van der Waals surface area contributed by atoms with Crippen LogP contribution < -0.4 is 0 Å². The van der Waals surface area contributed by atoms with Gasteiger partial charge in [-0.3, -0.25) is 0 Å². The summed E-state index contributed by atoms with van der Waals surface area (Å²) >= 11 is 0. The van der Waals surface area contributed by atoms with Crippen LogP contribution in [0.25, 0.3) is 120 Å². The van der Waals surface area contributed by atoms with E-state index in [0.29, 0.717) is 0 Å². The zero-order chi connectivity index (χ0) is 41.0. The van der Waals surface area contributed by atoms with E-state index in [4.69, 9.17) is 0 Å². The predicted molar refractivity (Wildman–Crippen MR) is 267 cm³/mol. The molecule has 0 aliphatic heterocycles. The summed E-state index contributed by atoms with van der Waals surface area (Å²) in [5, 5.41) is 18.3. The standard InChI is InChI=1S/C63H36/c1-2-17-42(46-33-30-39-29-28-37-14-13-15-38-31-34-51(46)58(39)57(37)38)41(16-1)40-32-35-53-54(36-40)45-20-4-7-24-50(45)60-59-49-23-6-3-18-43(49)44-19-5-8-25-52(44)61(59)63(62(53)60)55-26-11-9-21-47(55)48-22-10-12-27-56(48)63/h1-36H. The molecule has 0 radical (unpaired) electrons. The molecule has 0 saturated carbocycles. The van der Waals surface area contributed by atoms with E-state index < -0.39 is 5.41 Å². The highest BCUT2D eigenvalue weighted by Gasteiger charge is 2.54. The van der Waals surface area contributed by atoms with Gasteiger partial charge in [0.2, 0.25) is 0 Å². The van der Waals surface area contributed by atoms with Crippen molar-refractivity contribution < 1.29 is 0 Å². The van der Waals surface area contributed by atoms with Crippen LogP contribution in [-0.2, 0) is 5.41 Å². The van der Waals surface area contributed by atoms with Gasteiger partial charge in [0.1, 0.15) is 0 Å². The minimum Gasteiger partial charge on any atom is -0.0619 e. The molecule has 0 aromatic heterocycles. The quantitative estimate of drug-likeness (QED) is 0.153. The zero-order valence-electron chi connectivity index (χ0n) is 34.3. The zero-order valence-corrected chi connectivity index (χ0v) is 34.3. The Morgan fingerprint density at radius 2 is 0.683 bits per heavy atom. The van der Waals surface area contributed by atoms with E-state index in [2.05, 4.69) is 218 Å². The van der Waals surface area contributed by atoms with Gasteiger partial charge in [-0.2, -0.15) is 0 Å². The van der Waals surface area contributed by atoms with E-state index in [1.165, 1.54) is 142 Å². The van der Waals surface area contributed by atoms with Gasteiger partial charge in [0, 0.05) is 0 Å². The lowest BCUT2D eigenvalue weighted by Gasteiger charge is -2.33. The van der Waals surface area contributed by atoms with Gasteiger partial charge in [0.25, 0.3) is 0 Å². The topological polar surface area (TPSA) is 0 Å². The van der Waals surface area contributed by atoms with Crippen LogP contribution in [0, 0.1) is 0 Å². The molecule has 0 atom stereocenters. The molecule has 0 unspecified atom stereocenters. The summed E-state index contributed by atoms with van der Waals surface area (Å²) in [6, 6.07) is 82.9. The van der Waals surface area contributed by atoms with Gasteiger partial charge in [-0.15, -0.1) is 0 Å². The Labute approximate surface area is 364 Å². The predicted octanol–water partition coefficient (Wildman–Crippen LogP) is 16.9. The van der Waals surface area contributed by atoms with E-state index in [9.17, 15) is 0 Å². The summed E-state index contributed by atoms with van der Waals surface area (Å²) in [5.74, 6) is 0. The van der Waals surface area contributed by atoms with Crippen molar-refractivity contribution in [3.63, 3.8) is 0 Å². The minimum absolute atomic E-state index is 0.537. The van der Waals surface area contributed by atoms with Crippen molar-refractivity contribution in [2.45, 2.75) is 5.41 Å². The number of hydrogen-bond acceptors (Lipinski definition) is 0. The number of rotatable bonds is 2. The van der Waals surface area contributed by atoms with E-state index >= 15 is 0 Å². The average Bonchev–Trinajstić information content (AvgIpc) is 3.84. The van der Waals surface area contributed by atoms with Gasteiger partial charge in [-0.25, -0.2) is 0 Å². The molecule has 0 nitrogen and oxygen atoms in total. The molecule has 13 aromatic rings. The van der Waals surface area contributed by atoms with Crippen molar-refractivity contribution in [1.29, 1.82) is 0 Å². The van der Waals surface area contributed by atoms with Crippen LogP contribution in [0.15, 0.2) is 218 Å². The highest BCUT2D eigenvalue weighted by molar-refractivity contribution is 6.29. The largest absolute Gasteiger partial charge is 0.0738 e. The average molecular weight is 793 g/mol. The minimum atomic E-state index is -0.537. The van der Waals surface area contributed by atoms with Crippen LogP contribution >= 0.6 is 0 Å². The van der Waals surface area contributed by atoms with Gasteiger partial charge in [-0.05, 0) is 148 Å². The second kappa shape index (κ2) is 12.1. The van der Waals surface area contributed by atoms with Crippen molar-refractivity contribution in [2.75, 3.05) is 0 Å².